The standard InChI is InChI=1S/2C4H8O2/c2*1-3-4(5)6-2/h2*3H2,1-2H3. The summed E-state index contributed by atoms with van der Waals surface area (Å²) >= 11 is 0. The van der Waals surface area contributed by atoms with Crippen molar-refractivity contribution in [1.29, 1.82) is 0 Å². The first-order valence-electron chi connectivity index (χ1n) is 3.75. The summed E-state index contributed by atoms with van der Waals surface area (Å²) in [4.78, 5) is 19.9. The first-order chi connectivity index (χ1) is 5.62. The number of esters is 2. The van der Waals surface area contributed by atoms with Crippen LogP contribution >= 0.6 is 0 Å². The van der Waals surface area contributed by atoms with Gasteiger partial charge in [-0.3, -0.25) is 9.59 Å². The molecule has 0 aromatic carbocycles. The maximum absolute atomic E-state index is 9.96. The van der Waals surface area contributed by atoms with Crippen LogP contribution in [0.5, 0.6) is 0 Å². The van der Waals surface area contributed by atoms with Crippen LogP contribution in [0.3, 0.4) is 0 Å². The Kier molecular flexibility index (Phi) is 11.2. The number of methoxy groups -OCH3 is 2. The molecule has 4 heteroatoms. The zero-order valence-corrected chi connectivity index (χ0v) is 8.05. The minimum Gasteiger partial charge on any atom is -0.469 e. The lowest BCUT2D eigenvalue weighted by Crippen LogP contribution is -1.94. The topological polar surface area (TPSA) is 52.6 Å². The average molecular weight is 176 g/mol. The van der Waals surface area contributed by atoms with E-state index < -0.39 is 0 Å². The summed E-state index contributed by atoms with van der Waals surface area (Å²) in [5, 5.41) is 0. The van der Waals surface area contributed by atoms with Crippen LogP contribution in [0, 0.1) is 0 Å². The molecule has 0 radical (unpaired) electrons. The van der Waals surface area contributed by atoms with E-state index >= 15 is 0 Å². The molecule has 0 aliphatic heterocycles. The molecule has 0 spiro atoms. The molecule has 0 N–H and O–H groups in total. The lowest BCUT2D eigenvalue weighted by atomic mass is 10.5. The van der Waals surface area contributed by atoms with Crippen molar-refractivity contribution >= 4 is 11.9 Å². The second-order valence-corrected chi connectivity index (χ2v) is 1.86. The Bertz CT molecular complexity index is 103. The Balaban J connectivity index is 0. The van der Waals surface area contributed by atoms with Gasteiger partial charge in [0.05, 0.1) is 14.2 Å². The van der Waals surface area contributed by atoms with E-state index in [2.05, 4.69) is 9.47 Å². The summed E-state index contributed by atoms with van der Waals surface area (Å²) in [7, 11) is 2.76. The maximum atomic E-state index is 9.96. The van der Waals surface area contributed by atoms with E-state index in [0.29, 0.717) is 12.8 Å². The molecule has 0 aromatic heterocycles. The fraction of sp³-hybridized carbons (Fsp3) is 0.750. The van der Waals surface area contributed by atoms with Crippen LogP contribution in [-0.2, 0) is 19.1 Å². The molecule has 0 aromatic rings. The van der Waals surface area contributed by atoms with E-state index in [0.717, 1.165) is 0 Å². The summed E-state index contributed by atoms with van der Waals surface area (Å²) in [6.07, 6.45) is 0.938. The largest absolute Gasteiger partial charge is 0.469 e. The van der Waals surface area contributed by atoms with Gasteiger partial charge < -0.3 is 9.47 Å². The molecule has 4 nitrogen and oxygen atoms in total. The zero-order valence-electron chi connectivity index (χ0n) is 8.05. The number of ether oxygens (including phenoxy) is 2. The van der Waals surface area contributed by atoms with E-state index in [1.54, 1.807) is 13.8 Å². The van der Waals surface area contributed by atoms with E-state index in [1.807, 2.05) is 0 Å². The molecule has 0 heterocycles. The van der Waals surface area contributed by atoms with Crippen molar-refractivity contribution in [1.82, 2.24) is 0 Å². The van der Waals surface area contributed by atoms with Crippen LogP contribution in [0.15, 0.2) is 0 Å². The van der Waals surface area contributed by atoms with Crippen LogP contribution in [-0.4, -0.2) is 26.2 Å². The van der Waals surface area contributed by atoms with E-state index in [4.69, 9.17) is 0 Å². The minimum absolute atomic E-state index is 0.157. The molecule has 0 bridgehead atoms. The third-order valence-corrected chi connectivity index (χ3v) is 1.03. The highest BCUT2D eigenvalue weighted by molar-refractivity contribution is 5.68. The fourth-order valence-corrected chi connectivity index (χ4v) is 0.289. The summed E-state index contributed by atoms with van der Waals surface area (Å²) in [5.41, 5.74) is 0. The van der Waals surface area contributed by atoms with E-state index in [9.17, 15) is 9.59 Å². The first kappa shape index (κ1) is 13.5. The van der Waals surface area contributed by atoms with Crippen molar-refractivity contribution < 1.29 is 19.1 Å². The van der Waals surface area contributed by atoms with Gasteiger partial charge in [-0.15, -0.1) is 0 Å². The lowest BCUT2D eigenvalue weighted by molar-refractivity contribution is -0.141. The van der Waals surface area contributed by atoms with Gasteiger partial charge in [-0.2, -0.15) is 0 Å². The smallest absolute Gasteiger partial charge is 0.305 e. The number of hydrogen-bond acceptors (Lipinski definition) is 4. The highest BCUT2D eigenvalue weighted by Crippen LogP contribution is 1.76. The Morgan fingerprint density at radius 1 is 0.917 bits per heavy atom. The lowest BCUT2D eigenvalue weighted by Gasteiger charge is -1.87. The van der Waals surface area contributed by atoms with Gasteiger partial charge in [-0.1, -0.05) is 13.8 Å². The van der Waals surface area contributed by atoms with Crippen LogP contribution in [0.25, 0.3) is 0 Å². The van der Waals surface area contributed by atoms with Gasteiger partial charge >= 0.3 is 11.9 Å². The number of carbonyl (C=O) groups excluding carboxylic acids is 2. The minimum atomic E-state index is -0.157. The summed E-state index contributed by atoms with van der Waals surface area (Å²) in [6, 6.07) is 0. The first-order valence-corrected chi connectivity index (χ1v) is 3.75. The Hall–Kier alpha value is -1.06. The molecule has 0 aliphatic carbocycles. The molecule has 0 rings (SSSR count). The Morgan fingerprint density at radius 2 is 1.17 bits per heavy atom. The van der Waals surface area contributed by atoms with Crippen molar-refractivity contribution in [2.24, 2.45) is 0 Å². The molecule has 0 saturated heterocycles. The molecule has 0 fully saturated rings. The Morgan fingerprint density at radius 3 is 1.17 bits per heavy atom. The molecular formula is C8H16O4. The third-order valence-electron chi connectivity index (χ3n) is 1.03. The summed E-state index contributed by atoms with van der Waals surface area (Å²) < 4.78 is 8.52. The highest BCUT2D eigenvalue weighted by atomic mass is 16.5. The van der Waals surface area contributed by atoms with Crippen molar-refractivity contribution in [3.63, 3.8) is 0 Å². The summed E-state index contributed by atoms with van der Waals surface area (Å²) in [5.74, 6) is -0.315. The summed E-state index contributed by atoms with van der Waals surface area (Å²) in [6.45, 7) is 3.51. The molecule has 0 amide bonds. The van der Waals surface area contributed by atoms with Gasteiger partial charge in [0.1, 0.15) is 0 Å². The van der Waals surface area contributed by atoms with Crippen molar-refractivity contribution in [2.75, 3.05) is 14.2 Å². The molecule has 12 heavy (non-hydrogen) atoms. The van der Waals surface area contributed by atoms with Gasteiger partial charge in [-0.05, 0) is 0 Å². The molecule has 72 valence electrons. The van der Waals surface area contributed by atoms with Crippen molar-refractivity contribution in [3.8, 4) is 0 Å². The van der Waals surface area contributed by atoms with Crippen LogP contribution in [0.2, 0.25) is 0 Å². The van der Waals surface area contributed by atoms with Crippen molar-refractivity contribution in [2.45, 2.75) is 26.7 Å². The SMILES string of the molecule is CCC(=O)OC.CCC(=O)OC. The van der Waals surface area contributed by atoms with Gasteiger partial charge in [0.25, 0.3) is 0 Å². The molecule has 0 unspecified atom stereocenters. The third kappa shape index (κ3) is 11.7. The van der Waals surface area contributed by atoms with Crippen molar-refractivity contribution in [3.05, 3.63) is 0 Å². The molecule has 0 atom stereocenters. The number of carbonyl (C=O) groups is 2. The number of hydrogen-bond donors (Lipinski definition) is 0. The average Bonchev–Trinajstić information content (AvgIpc) is 2.16. The predicted molar refractivity (Wildman–Crippen MR) is 44.6 cm³/mol. The van der Waals surface area contributed by atoms with E-state index in [-0.39, 0.29) is 11.9 Å². The van der Waals surface area contributed by atoms with Gasteiger partial charge in [0.2, 0.25) is 0 Å². The van der Waals surface area contributed by atoms with Crippen LogP contribution in [0.1, 0.15) is 26.7 Å². The second-order valence-electron chi connectivity index (χ2n) is 1.86. The highest BCUT2D eigenvalue weighted by Gasteiger charge is 1.88. The predicted octanol–water partition coefficient (Wildman–Crippen LogP) is 1.14. The van der Waals surface area contributed by atoms with Crippen LogP contribution in [0.4, 0.5) is 0 Å². The van der Waals surface area contributed by atoms with Gasteiger partial charge in [-0.25, -0.2) is 0 Å². The second kappa shape index (κ2) is 9.94. The number of rotatable bonds is 2. The zero-order chi connectivity index (χ0) is 9.98. The Labute approximate surface area is 72.8 Å². The fourth-order valence-electron chi connectivity index (χ4n) is 0.289. The quantitative estimate of drug-likeness (QED) is 0.592. The molecule has 0 saturated carbocycles. The molecular weight excluding hydrogens is 160 g/mol. The van der Waals surface area contributed by atoms with E-state index in [1.165, 1.54) is 14.2 Å². The van der Waals surface area contributed by atoms with Gasteiger partial charge in [0.15, 0.2) is 0 Å². The van der Waals surface area contributed by atoms with Crippen LogP contribution < -0.4 is 0 Å². The monoisotopic (exact) mass is 176 g/mol. The molecule has 0 aliphatic rings. The normalized spacial score (nSPS) is 7.67. The maximum Gasteiger partial charge on any atom is 0.305 e. The van der Waals surface area contributed by atoms with Gasteiger partial charge in [0, 0.05) is 12.8 Å².